The zero-order chi connectivity index (χ0) is 23.9. The maximum absolute atomic E-state index is 15.4. The number of hydrogen-bond donors (Lipinski definition) is 0. The summed E-state index contributed by atoms with van der Waals surface area (Å²) in [5.74, 6) is 0.942. The van der Waals surface area contributed by atoms with Crippen molar-refractivity contribution in [1.29, 1.82) is 0 Å². The number of carbonyl (C=O) groups is 2. The van der Waals surface area contributed by atoms with Crippen LogP contribution in [0.25, 0.3) is 22.0 Å². The molecule has 2 saturated carbocycles. The van der Waals surface area contributed by atoms with Gasteiger partial charge in [0.15, 0.2) is 0 Å². The van der Waals surface area contributed by atoms with Gasteiger partial charge in [0.1, 0.15) is 17.2 Å². The zero-order valence-corrected chi connectivity index (χ0v) is 19.6. The first-order valence-corrected chi connectivity index (χ1v) is 12.3. The van der Waals surface area contributed by atoms with Crippen LogP contribution in [0.2, 0.25) is 0 Å². The van der Waals surface area contributed by atoms with Gasteiger partial charge in [-0.3, -0.25) is 24.2 Å². The molecule has 0 N–H and O–H groups in total. The van der Waals surface area contributed by atoms with Gasteiger partial charge in [0, 0.05) is 55.0 Å². The summed E-state index contributed by atoms with van der Waals surface area (Å²) >= 11 is 0. The van der Waals surface area contributed by atoms with E-state index < -0.39 is 5.54 Å². The van der Waals surface area contributed by atoms with Crippen LogP contribution < -0.4 is 0 Å². The number of nitrogens with zero attached hydrogens (tertiary/aromatic N) is 5. The number of carbonyl (C=O) groups excluding carboxylic acids is 2. The lowest BCUT2D eigenvalue weighted by Crippen LogP contribution is -2.55. The van der Waals surface area contributed by atoms with Crippen molar-refractivity contribution < 1.29 is 14.0 Å². The first-order valence-electron chi connectivity index (χ1n) is 12.3. The van der Waals surface area contributed by atoms with Gasteiger partial charge in [-0.05, 0) is 49.4 Å². The fourth-order valence-electron chi connectivity index (χ4n) is 5.42. The van der Waals surface area contributed by atoms with Crippen molar-refractivity contribution in [3.05, 3.63) is 54.0 Å². The van der Waals surface area contributed by atoms with E-state index in [4.69, 9.17) is 4.99 Å². The Bertz CT molecular complexity index is 1430. The van der Waals surface area contributed by atoms with Gasteiger partial charge in [0.05, 0.1) is 11.7 Å². The summed E-state index contributed by atoms with van der Waals surface area (Å²) in [6.07, 6.45) is 5.27. The van der Waals surface area contributed by atoms with E-state index in [9.17, 15) is 9.59 Å². The third kappa shape index (κ3) is 3.30. The minimum Gasteiger partial charge on any atom is -0.342 e. The predicted molar refractivity (Wildman–Crippen MR) is 129 cm³/mol. The normalized spacial score (nSPS) is 21.1. The highest BCUT2D eigenvalue weighted by molar-refractivity contribution is 6.16. The second kappa shape index (κ2) is 7.23. The Hall–Kier alpha value is -3.55. The summed E-state index contributed by atoms with van der Waals surface area (Å²) in [7, 11) is 1.88. The molecule has 3 heterocycles. The molecular formula is C27H26FN5O2. The molecule has 178 valence electrons. The molecule has 0 radical (unpaired) electrons. The number of halogens is 1. The second-order valence-electron chi connectivity index (χ2n) is 10.5. The fourth-order valence-corrected chi connectivity index (χ4v) is 5.42. The molecule has 7 rings (SSSR count). The van der Waals surface area contributed by atoms with E-state index >= 15 is 4.39 Å². The molecule has 0 bridgehead atoms. The highest BCUT2D eigenvalue weighted by atomic mass is 19.1. The Morgan fingerprint density at radius 3 is 2.60 bits per heavy atom. The van der Waals surface area contributed by atoms with Crippen LogP contribution in [0.1, 0.15) is 31.2 Å². The topological polar surface area (TPSA) is 70.8 Å². The molecule has 4 aliphatic rings. The van der Waals surface area contributed by atoms with Crippen molar-refractivity contribution in [2.24, 2.45) is 23.9 Å². The summed E-state index contributed by atoms with van der Waals surface area (Å²) in [6.45, 7) is 1.89. The average Bonchev–Trinajstić information content (AvgIpc) is 3.74. The standard InChI is InChI=1S/C27H26FN5O2/c1-31-23-7-5-18(10-20(23)12-29-31)21-6-4-19(11-22(21)28)24-30-27(8-9-27)26(35)33(24)15-16-13-32(14-16)25(34)17-2-3-17/h4-7,10-12,16-17H,2-3,8-9,13-15H2,1H3. The van der Waals surface area contributed by atoms with Crippen molar-refractivity contribution in [2.75, 3.05) is 19.6 Å². The molecule has 3 fully saturated rings. The van der Waals surface area contributed by atoms with E-state index in [1.165, 1.54) is 6.07 Å². The Morgan fingerprint density at radius 2 is 1.89 bits per heavy atom. The van der Waals surface area contributed by atoms with Gasteiger partial charge in [-0.15, -0.1) is 0 Å². The Morgan fingerprint density at radius 1 is 1.11 bits per heavy atom. The quantitative estimate of drug-likeness (QED) is 0.573. The molecule has 2 aromatic carbocycles. The molecule has 0 atom stereocenters. The molecule has 2 amide bonds. The van der Waals surface area contributed by atoms with Crippen LogP contribution in [0, 0.1) is 17.7 Å². The summed E-state index contributed by atoms with van der Waals surface area (Å²) < 4.78 is 17.2. The number of aromatic nitrogens is 2. The molecule has 3 aromatic rings. The van der Waals surface area contributed by atoms with Crippen LogP contribution in [0.5, 0.6) is 0 Å². The number of aliphatic imine (C=N–C) groups is 1. The minimum atomic E-state index is -0.650. The van der Waals surface area contributed by atoms with Crippen LogP contribution in [0.15, 0.2) is 47.6 Å². The third-order valence-corrected chi connectivity index (χ3v) is 7.86. The van der Waals surface area contributed by atoms with Crippen LogP contribution in [-0.2, 0) is 16.6 Å². The van der Waals surface area contributed by atoms with Crippen LogP contribution in [-0.4, -0.2) is 62.4 Å². The van der Waals surface area contributed by atoms with E-state index in [1.54, 1.807) is 21.8 Å². The SMILES string of the molecule is Cn1ncc2cc(-c3ccc(C4=NC5(CC5)C(=O)N4CC4CN(C(=O)C5CC5)C4)cc3F)ccc21. The Labute approximate surface area is 202 Å². The maximum Gasteiger partial charge on any atom is 0.256 e. The summed E-state index contributed by atoms with van der Waals surface area (Å²) in [4.78, 5) is 33.9. The summed E-state index contributed by atoms with van der Waals surface area (Å²) in [5.41, 5.74) is 2.25. The molecule has 2 aliphatic heterocycles. The molecule has 0 unspecified atom stereocenters. The number of aryl methyl sites for hydroxylation is 1. The van der Waals surface area contributed by atoms with Gasteiger partial charge in [-0.25, -0.2) is 4.39 Å². The zero-order valence-electron chi connectivity index (χ0n) is 19.6. The molecule has 2 aliphatic carbocycles. The largest absolute Gasteiger partial charge is 0.342 e. The predicted octanol–water partition coefficient (Wildman–Crippen LogP) is 3.37. The first-order chi connectivity index (χ1) is 16.9. The van der Waals surface area contributed by atoms with E-state index in [0.29, 0.717) is 36.6 Å². The number of amidine groups is 1. The number of likely N-dealkylation sites (tertiary alicyclic amines) is 1. The van der Waals surface area contributed by atoms with Crippen molar-refractivity contribution in [3.8, 4) is 11.1 Å². The monoisotopic (exact) mass is 471 g/mol. The van der Waals surface area contributed by atoms with Gasteiger partial charge in [-0.2, -0.15) is 5.10 Å². The van der Waals surface area contributed by atoms with Gasteiger partial charge < -0.3 is 4.90 Å². The first kappa shape index (κ1) is 20.8. The van der Waals surface area contributed by atoms with Crippen LogP contribution in [0.3, 0.4) is 0 Å². The molecule has 35 heavy (non-hydrogen) atoms. The van der Waals surface area contributed by atoms with Crippen LogP contribution >= 0.6 is 0 Å². The maximum atomic E-state index is 15.4. The van der Waals surface area contributed by atoms with E-state index in [2.05, 4.69) is 5.10 Å². The second-order valence-corrected chi connectivity index (χ2v) is 10.5. The molecular weight excluding hydrogens is 445 g/mol. The van der Waals surface area contributed by atoms with Crippen molar-refractivity contribution in [1.82, 2.24) is 19.6 Å². The van der Waals surface area contributed by atoms with Gasteiger partial charge in [0.2, 0.25) is 5.91 Å². The van der Waals surface area contributed by atoms with Gasteiger partial charge in [-0.1, -0.05) is 18.2 Å². The number of benzene rings is 2. The smallest absolute Gasteiger partial charge is 0.256 e. The number of amides is 2. The number of fused-ring (bicyclic) bond motifs is 1. The van der Waals surface area contributed by atoms with Gasteiger partial charge >= 0.3 is 0 Å². The van der Waals surface area contributed by atoms with Crippen LogP contribution in [0.4, 0.5) is 4.39 Å². The van der Waals surface area contributed by atoms with E-state index in [-0.39, 0.29) is 29.5 Å². The number of rotatable bonds is 5. The average molecular weight is 472 g/mol. The third-order valence-electron chi connectivity index (χ3n) is 7.86. The molecule has 7 nitrogen and oxygen atoms in total. The molecule has 1 aromatic heterocycles. The lowest BCUT2D eigenvalue weighted by molar-refractivity contribution is -0.139. The summed E-state index contributed by atoms with van der Waals surface area (Å²) in [6, 6.07) is 10.9. The molecule has 1 saturated heterocycles. The molecule has 8 heteroatoms. The van der Waals surface area contributed by atoms with Gasteiger partial charge in [0.25, 0.3) is 5.91 Å². The minimum absolute atomic E-state index is 0.0194. The number of hydrogen-bond acceptors (Lipinski definition) is 4. The van der Waals surface area contributed by atoms with E-state index in [1.807, 2.05) is 36.2 Å². The highest BCUT2D eigenvalue weighted by Crippen LogP contribution is 2.46. The fraction of sp³-hybridized carbons (Fsp3) is 0.407. The lowest BCUT2D eigenvalue weighted by Gasteiger charge is -2.41. The summed E-state index contributed by atoms with van der Waals surface area (Å²) in [5, 5.41) is 5.22. The molecule has 1 spiro atoms. The van der Waals surface area contributed by atoms with Crippen molar-refractivity contribution in [2.45, 2.75) is 31.2 Å². The Kier molecular flexibility index (Phi) is 4.29. The van der Waals surface area contributed by atoms with Crippen molar-refractivity contribution in [3.63, 3.8) is 0 Å². The Balaban J connectivity index is 1.14. The lowest BCUT2D eigenvalue weighted by atomic mass is 9.97. The highest BCUT2D eigenvalue weighted by Gasteiger charge is 2.58. The van der Waals surface area contributed by atoms with E-state index in [0.717, 1.165) is 42.1 Å². The van der Waals surface area contributed by atoms with Crippen molar-refractivity contribution >= 4 is 28.6 Å².